The zero-order valence-electron chi connectivity index (χ0n) is 18.0. The third kappa shape index (κ3) is 4.74. The Morgan fingerprint density at radius 1 is 1.22 bits per heavy atom. The smallest absolute Gasteiger partial charge is 0.265 e. The van der Waals surface area contributed by atoms with Gasteiger partial charge in [-0.1, -0.05) is 35.9 Å². The monoisotopic (exact) mass is 472 g/mol. The van der Waals surface area contributed by atoms with E-state index >= 15 is 0 Å². The number of amides is 2. The van der Waals surface area contributed by atoms with Gasteiger partial charge in [0.25, 0.3) is 11.8 Å². The van der Waals surface area contributed by atoms with Crippen LogP contribution in [0.4, 0.5) is 5.69 Å². The quantitative estimate of drug-likeness (QED) is 0.633. The van der Waals surface area contributed by atoms with Gasteiger partial charge in [-0.15, -0.1) is 11.8 Å². The second-order valence-electron chi connectivity index (χ2n) is 7.69. The van der Waals surface area contributed by atoms with E-state index in [9.17, 15) is 9.59 Å². The first-order valence-electron chi connectivity index (χ1n) is 10.5. The van der Waals surface area contributed by atoms with E-state index in [0.717, 1.165) is 24.8 Å². The Hall–Kier alpha value is -2.64. The van der Waals surface area contributed by atoms with Crippen LogP contribution >= 0.6 is 23.4 Å². The summed E-state index contributed by atoms with van der Waals surface area (Å²) in [4.78, 5) is 26.3. The molecule has 2 aliphatic rings. The Morgan fingerprint density at radius 3 is 2.81 bits per heavy atom. The van der Waals surface area contributed by atoms with Crippen LogP contribution in [-0.4, -0.2) is 31.3 Å². The first kappa shape index (κ1) is 22.6. The number of allylic oxidation sites excluding steroid dienone is 1. The van der Waals surface area contributed by atoms with Crippen LogP contribution in [0.3, 0.4) is 0 Å². The molecule has 0 spiro atoms. The molecule has 2 aromatic rings. The number of hydrogen-bond acceptors (Lipinski definition) is 5. The molecule has 0 fully saturated rings. The molecule has 32 heavy (non-hydrogen) atoms. The van der Waals surface area contributed by atoms with Crippen molar-refractivity contribution in [3.05, 3.63) is 68.8 Å². The van der Waals surface area contributed by atoms with E-state index in [0.29, 0.717) is 40.0 Å². The number of nitrogens with one attached hydrogen (secondary N) is 2. The topological polar surface area (TPSA) is 76.7 Å². The molecule has 1 aliphatic heterocycles. The SMILES string of the molecule is COc1cc(NC(=O)C2=C(C)OCCS2)c(Cl)cc1C(=O)NC1CCCc2ccccc21. The van der Waals surface area contributed by atoms with E-state index in [1.165, 1.54) is 30.5 Å². The minimum absolute atomic E-state index is 0.0615. The number of hydrogen-bond donors (Lipinski definition) is 2. The van der Waals surface area contributed by atoms with Crippen LogP contribution in [0.5, 0.6) is 5.75 Å². The third-order valence-electron chi connectivity index (χ3n) is 5.63. The number of carbonyl (C=O) groups is 2. The average Bonchev–Trinajstić information content (AvgIpc) is 2.80. The van der Waals surface area contributed by atoms with Gasteiger partial charge >= 0.3 is 0 Å². The lowest BCUT2D eigenvalue weighted by Crippen LogP contribution is -2.31. The number of anilines is 1. The molecule has 0 saturated heterocycles. The standard InChI is InChI=1S/C24H25ClN2O4S/c1-14-22(32-11-10-31-14)24(29)27-20-13-21(30-2)17(12-18(20)25)23(28)26-19-9-5-7-15-6-3-4-8-16(15)19/h3-4,6,8,12-13,19H,5,7,9-11H2,1-2H3,(H,26,28)(H,27,29). The van der Waals surface area contributed by atoms with Crippen LogP contribution in [0.25, 0.3) is 0 Å². The van der Waals surface area contributed by atoms with Crippen molar-refractivity contribution in [3.8, 4) is 5.75 Å². The normalized spacial score (nSPS) is 17.8. The van der Waals surface area contributed by atoms with Gasteiger partial charge in [0.05, 0.1) is 36.0 Å². The van der Waals surface area contributed by atoms with Crippen LogP contribution in [0.1, 0.15) is 47.3 Å². The molecule has 8 heteroatoms. The number of methoxy groups -OCH3 is 1. The molecule has 2 aromatic carbocycles. The largest absolute Gasteiger partial charge is 0.496 e. The van der Waals surface area contributed by atoms with Gasteiger partial charge in [-0.3, -0.25) is 9.59 Å². The Balaban J connectivity index is 1.55. The van der Waals surface area contributed by atoms with Crippen LogP contribution in [0.15, 0.2) is 47.1 Å². The molecule has 1 aliphatic carbocycles. The summed E-state index contributed by atoms with van der Waals surface area (Å²) < 4.78 is 10.9. The number of benzene rings is 2. The minimum atomic E-state index is -0.299. The number of aryl methyl sites for hydroxylation is 1. The lowest BCUT2D eigenvalue weighted by atomic mass is 9.87. The van der Waals surface area contributed by atoms with Gasteiger partial charge in [0.1, 0.15) is 16.4 Å². The summed E-state index contributed by atoms with van der Waals surface area (Å²) >= 11 is 7.88. The molecule has 1 heterocycles. The molecule has 0 radical (unpaired) electrons. The molecule has 4 rings (SSSR count). The molecule has 1 atom stereocenters. The van der Waals surface area contributed by atoms with E-state index in [1.807, 2.05) is 12.1 Å². The molecular weight excluding hydrogens is 448 g/mol. The predicted molar refractivity (Wildman–Crippen MR) is 127 cm³/mol. The second kappa shape index (κ2) is 9.88. The highest BCUT2D eigenvalue weighted by molar-refractivity contribution is 8.04. The summed E-state index contributed by atoms with van der Waals surface area (Å²) in [6, 6.07) is 11.2. The van der Waals surface area contributed by atoms with Crippen LogP contribution in [0.2, 0.25) is 5.02 Å². The van der Waals surface area contributed by atoms with Crippen molar-refractivity contribution in [2.45, 2.75) is 32.2 Å². The highest BCUT2D eigenvalue weighted by atomic mass is 35.5. The number of fused-ring (bicyclic) bond motifs is 1. The highest BCUT2D eigenvalue weighted by Crippen LogP contribution is 2.35. The molecule has 2 amide bonds. The van der Waals surface area contributed by atoms with Crippen molar-refractivity contribution in [1.82, 2.24) is 5.32 Å². The van der Waals surface area contributed by atoms with Gasteiger partial charge in [-0.25, -0.2) is 0 Å². The molecule has 6 nitrogen and oxygen atoms in total. The first-order chi connectivity index (χ1) is 15.5. The Bertz CT molecular complexity index is 1090. The number of halogens is 1. The van der Waals surface area contributed by atoms with E-state index in [4.69, 9.17) is 21.1 Å². The van der Waals surface area contributed by atoms with Crippen molar-refractivity contribution in [2.75, 3.05) is 24.8 Å². The molecule has 1 unspecified atom stereocenters. The maximum atomic E-state index is 13.1. The average molecular weight is 473 g/mol. The van der Waals surface area contributed by atoms with E-state index in [2.05, 4.69) is 22.8 Å². The predicted octanol–water partition coefficient (Wildman–Crippen LogP) is 5.09. The summed E-state index contributed by atoms with van der Waals surface area (Å²) in [5.41, 5.74) is 3.11. The van der Waals surface area contributed by atoms with Gasteiger partial charge in [0.15, 0.2) is 0 Å². The molecule has 168 valence electrons. The van der Waals surface area contributed by atoms with Gasteiger partial charge in [-0.05, 0) is 43.4 Å². The Labute approximate surface area is 196 Å². The second-order valence-corrected chi connectivity index (χ2v) is 9.20. The summed E-state index contributed by atoms with van der Waals surface area (Å²) in [6.45, 7) is 2.34. The summed E-state index contributed by atoms with van der Waals surface area (Å²) in [5, 5.41) is 6.18. The van der Waals surface area contributed by atoms with Gasteiger partial charge in [-0.2, -0.15) is 0 Å². The molecule has 0 bridgehead atoms. The third-order valence-corrected chi connectivity index (χ3v) is 7.08. The van der Waals surface area contributed by atoms with Crippen molar-refractivity contribution >= 4 is 40.9 Å². The van der Waals surface area contributed by atoms with E-state index < -0.39 is 0 Å². The lowest BCUT2D eigenvalue weighted by molar-refractivity contribution is -0.112. The van der Waals surface area contributed by atoms with Crippen molar-refractivity contribution in [2.24, 2.45) is 0 Å². The van der Waals surface area contributed by atoms with Crippen LogP contribution in [0, 0.1) is 0 Å². The Kier molecular flexibility index (Phi) is 6.96. The number of ether oxygens (including phenoxy) is 2. The molecule has 0 saturated carbocycles. The van der Waals surface area contributed by atoms with E-state index in [-0.39, 0.29) is 22.9 Å². The minimum Gasteiger partial charge on any atom is -0.496 e. The fourth-order valence-corrected chi connectivity index (χ4v) is 5.07. The van der Waals surface area contributed by atoms with Gasteiger partial charge in [0.2, 0.25) is 0 Å². The maximum Gasteiger partial charge on any atom is 0.265 e. The summed E-state index contributed by atoms with van der Waals surface area (Å²) in [5.74, 6) is 1.07. The molecule has 0 aromatic heterocycles. The fourth-order valence-electron chi connectivity index (χ4n) is 4.05. The van der Waals surface area contributed by atoms with Gasteiger partial charge in [0, 0.05) is 11.8 Å². The number of thioether (sulfide) groups is 1. The van der Waals surface area contributed by atoms with Gasteiger partial charge < -0.3 is 20.1 Å². The summed E-state index contributed by atoms with van der Waals surface area (Å²) in [7, 11) is 1.49. The van der Waals surface area contributed by atoms with Crippen molar-refractivity contribution in [1.29, 1.82) is 0 Å². The number of rotatable bonds is 5. The van der Waals surface area contributed by atoms with Crippen LogP contribution < -0.4 is 15.4 Å². The number of carbonyl (C=O) groups excluding carboxylic acids is 2. The highest BCUT2D eigenvalue weighted by Gasteiger charge is 2.25. The maximum absolute atomic E-state index is 13.1. The van der Waals surface area contributed by atoms with E-state index in [1.54, 1.807) is 13.0 Å². The zero-order valence-corrected chi connectivity index (χ0v) is 19.6. The molecule has 2 N–H and O–H groups in total. The fraction of sp³-hybridized carbons (Fsp3) is 0.333. The first-order valence-corrected chi connectivity index (χ1v) is 11.9. The summed E-state index contributed by atoms with van der Waals surface area (Å²) in [6.07, 6.45) is 2.91. The zero-order chi connectivity index (χ0) is 22.7. The van der Waals surface area contributed by atoms with Crippen molar-refractivity contribution < 1.29 is 19.1 Å². The van der Waals surface area contributed by atoms with Crippen LogP contribution in [-0.2, 0) is 16.0 Å². The lowest BCUT2D eigenvalue weighted by Gasteiger charge is -2.26. The molecular formula is C24H25ClN2O4S. The Morgan fingerprint density at radius 2 is 2.03 bits per heavy atom. The van der Waals surface area contributed by atoms with Crippen molar-refractivity contribution in [3.63, 3.8) is 0 Å².